The molecule has 0 radical (unpaired) electrons. The number of likely N-dealkylation sites (N-methyl/N-ethyl adjacent to an activating group) is 1. The molecule has 3 aliphatic carbocycles. The molecule has 0 amide bonds. The maximum absolute atomic E-state index is 14.1. The number of anilines is 1. The molecule has 0 spiro atoms. The van der Waals surface area contributed by atoms with Gasteiger partial charge < -0.3 is 25.3 Å². The van der Waals surface area contributed by atoms with Crippen molar-refractivity contribution in [1.29, 1.82) is 0 Å². The zero-order valence-electron chi connectivity index (χ0n) is 24.2. The lowest BCUT2D eigenvalue weighted by Crippen LogP contribution is -2.65. The van der Waals surface area contributed by atoms with Crippen molar-refractivity contribution < 1.29 is 34.8 Å². The molecule has 10 heteroatoms. The van der Waals surface area contributed by atoms with Crippen molar-refractivity contribution in [1.82, 2.24) is 9.80 Å². The predicted molar refractivity (Wildman–Crippen MR) is 149 cm³/mol. The number of phenols is 1. The van der Waals surface area contributed by atoms with Gasteiger partial charge in [0, 0.05) is 56.0 Å². The summed E-state index contributed by atoms with van der Waals surface area (Å²) in [5.74, 6) is -5.42. The lowest BCUT2D eigenvalue weighted by atomic mass is 9.57. The summed E-state index contributed by atoms with van der Waals surface area (Å²) in [5.41, 5.74) is 0.202. The molecule has 0 aromatic heterocycles. The molecule has 1 aliphatic heterocycles. The average molecular weight is 554 g/mol. The number of nitrogens with zero attached hydrogens (tertiary/aromatic N) is 3. The fourth-order valence-electron chi connectivity index (χ4n) is 7.48. The molecule has 0 bridgehead atoms. The molecule has 0 unspecified atom stereocenters. The van der Waals surface area contributed by atoms with Crippen molar-refractivity contribution in [3.8, 4) is 5.75 Å². The maximum atomic E-state index is 14.1. The van der Waals surface area contributed by atoms with E-state index in [1.807, 2.05) is 19.0 Å². The molecule has 5 atom stereocenters. The highest BCUT2D eigenvalue weighted by molar-refractivity contribution is 6.25. The van der Waals surface area contributed by atoms with E-state index in [0.717, 1.165) is 24.6 Å². The molecule has 10 nitrogen and oxygen atoms in total. The number of hydrogen-bond acceptors (Lipinski definition) is 10. The fourth-order valence-corrected chi connectivity index (χ4v) is 7.48. The Balaban J connectivity index is 1.74. The third-order valence-electron chi connectivity index (χ3n) is 9.56. The minimum Gasteiger partial charge on any atom is -0.508 e. The number of carbonyl (C=O) groups is 3. The Hall–Kier alpha value is -3.21. The molecule has 4 aliphatic rings. The number of carbonyl (C=O) groups excluding carboxylic acids is 3. The van der Waals surface area contributed by atoms with Gasteiger partial charge in [-0.1, -0.05) is 6.92 Å². The van der Waals surface area contributed by atoms with Crippen LogP contribution in [0.25, 0.3) is 5.76 Å². The van der Waals surface area contributed by atoms with Crippen molar-refractivity contribution >= 4 is 28.8 Å². The monoisotopic (exact) mass is 553 g/mol. The Kier molecular flexibility index (Phi) is 6.67. The number of Topliss-reactive ketones (excluding diaryl/α,β-unsaturated/α-hetero) is 3. The van der Waals surface area contributed by atoms with Crippen LogP contribution < -0.4 is 4.90 Å². The van der Waals surface area contributed by atoms with Gasteiger partial charge in [0.05, 0.1) is 11.6 Å². The number of aromatic hydroxyl groups is 1. The molecule has 1 aromatic carbocycles. The van der Waals surface area contributed by atoms with Crippen LogP contribution >= 0.6 is 0 Å². The van der Waals surface area contributed by atoms with Crippen molar-refractivity contribution in [3.63, 3.8) is 0 Å². The van der Waals surface area contributed by atoms with Gasteiger partial charge >= 0.3 is 0 Å². The standard InChI is InChI=1S/C30H39N3O7/c1-8-13(2)33-11-17-18(12-33)25(35)22-16(23(17)31(4)5)9-15-10-19-24(32(6)7)27(37)20(14(3)34)28(38)30(19,40)29(39)21(15)26(22)36/h13,15,19,24,35-36,38,40H,8-12H2,1-7H3/t13-,15-,19-,24-,30+/m0/s1. The highest BCUT2D eigenvalue weighted by Crippen LogP contribution is 2.55. The second-order valence-corrected chi connectivity index (χ2v) is 12.2. The third-order valence-corrected chi connectivity index (χ3v) is 9.56. The molecular formula is C30H39N3O7. The van der Waals surface area contributed by atoms with Crippen LogP contribution in [0.5, 0.6) is 5.75 Å². The number of benzene rings is 1. The minimum atomic E-state index is -2.56. The van der Waals surface area contributed by atoms with Gasteiger partial charge in [0.15, 0.2) is 17.2 Å². The molecule has 4 N–H and O–H groups in total. The van der Waals surface area contributed by atoms with Gasteiger partial charge in [0.1, 0.15) is 22.8 Å². The second-order valence-electron chi connectivity index (χ2n) is 12.2. The summed E-state index contributed by atoms with van der Waals surface area (Å²) in [5, 5.41) is 46.2. The average Bonchev–Trinajstić information content (AvgIpc) is 3.30. The van der Waals surface area contributed by atoms with Gasteiger partial charge in [-0.2, -0.15) is 0 Å². The molecule has 1 heterocycles. The van der Waals surface area contributed by atoms with Gasteiger partial charge in [0.25, 0.3) is 0 Å². The van der Waals surface area contributed by atoms with Crippen LogP contribution in [0, 0.1) is 11.8 Å². The fraction of sp³-hybridized carbons (Fsp3) is 0.567. The number of aliphatic hydroxyl groups excluding tert-OH is 2. The van der Waals surface area contributed by atoms with E-state index in [2.05, 4.69) is 18.7 Å². The Bertz CT molecular complexity index is 1410. The summed E-state index contributed by atoms with van der Waals surface area (Å²) >= 11 is 0. The minimum absolute atomic E-state index is 0.0825. The van der Waals surface area contributed by atoms with E-state index in [9.17, 15) is 34.8 Å². The van der Waals surface area contributed by atoms with Crippen molar-refractivity contribution in [2.24, 2.45) is 11.8 Å². The van der Waals surface area contributed by atoms with Crippen LogP contribution in [0.2, 0.25) is 0 Å². The number of fused-ring (bicyclic) bond motifs is 4. The van der Waals surface area contributed by atoms with Gasteiger partial charge in [-0.05, 0) is 64.3 Å². The van der Waals surface area contributed by atoms with Crippen LogP contribution in [-0.2, 0) is 33.9 Å². The van der Waals surface area contributed by atoms with Crippen LogP contribution in [-0.4, -0.2) is 93.5 Å². The molecule has 5 rings (SSSR count). The van der Waals surface area contributed by atoms with Crippen LogP contribution in [0.3, 0.4) is 0 Å². The largest absolute Gasteiger partial charge is 0.508 e. The first kappa shape index (κ1) is 28.3. The van der Waals surface area contributed by atoms with Crippen molar-refractivity contribution in [2.75, 3.05) is 33.1 Å². The van der Waals surface area contributed by atoms with Gasteiger partial charge in [-0.3, -0.25) is 24.2 Å². The number of phenolic OH excluding ortho intramolecular Hbond substituents is 1. The first-order valence-electron chi connectivity index (χ1n) is 13.8. The number of hydrogen-bond donors (Lipinski definition) is 4. The van der Waals surface area contributed by atoms with E-state index in [4.69, 9.17) is 0 Å². The zero-order valence-corrected chi connectivity index (χ0v) is 24.2. The molecule has 1 aromatic rings. The number of ketones is 3. The third kappa shape index (κ3) is 3.62. The summed E-state index contributed by atoms with van der Waals surface area (Å²) < 4.78 is 0. The summed E-state index contributed by atoms with van der Waals surface area (Å²) in [6.07, 6.45) is 1.33. The first-order valence-corrected chi connectivity index (χ1v) is 13.8. The molecule has 216 valence electrons. The van der Waals surface area contributed by atoms with Crippen molar-refractivity contribution in [2.45, 2.75) is 70.8 Å². The van der Waals surface area contributed by atoms with Crippen LogP contribution in [0.4, 0.5) is 5.69 Å². The van der Waals surface area contributed by atoms with Gasteiger partial charge in [-0.15, -0.1) is 0 Å². The van der Waals surface area contributed by atoms with E-state index in [0.29, 0.717) is 30.6 Å². The quantitative estimate of drug-likeness (QED) is 0.401. The lowest BCUT2D eigenvalue weighted by Gasteiger charge is -2.50. The summed E-state index contributed by atoms with van der Waals surface area (Å²) in [4.78, 5) is 45.7. The normalized spacial score (nSPS) is 28.9. The Morgan fingerprint density at radius 2 is 1.70 bits per heavy atom. The van der Waals surface area contributed by atoms with Crippen molar-refractivity contribution in [3.05, 3.63) is 39.2 Å². The Morgan fingerprint density at radius 3 is 2.25 bits per heavy atom. The highest BCUT2D eigenvalue weighted by Gasteiger charge is 2.64. The molecule has 40 heavy (non-hydrogen) atoms. The van der Waals surface area contributed by atoms with Crippen LogP contribution in [0.1, 0.15) is 55.9 Å². The smallest absolute Gasteiger partial charge is 0.202 e. The molecular weight excluding hydrogens is 514 g/mol. The number of aliphatic hydroxyl groups is 3. The molecule has 1 fully saturated rings. The lowest BCUT2D eigenvalue weighted by molar-refractivity contribution is -0.153. The topological polar surface area (TPSA) is 142 Å². The predicted octanol–water partition coefficient (Wildman–Crippen LogP) is 2.25. The first-order chi connectivity index (χ1) is 18.7. The summed E-state index contributed by atoms with van der Waals surface area (Å²) in [7, 11) is 7.07. The molecule has 0 saturated heterocycles. The maximum Gasteiger partial charge on any atom is 0.202 e. The van der Waals surface area contributed by atoms with Gasteiger partial charge in [0.2, 0.25) is 5.78 Å². The Morgan fingerprint density at radius 1 is 1.07 bits per heavy atom. The second kappa shape index (κ2) is 9.43. The highest BCUT2D eigenvalue weighted by atomic mass is 16.3. The van der Waals surface area contributed by atoms with E-state index >= 15 is 0 Å². The summed E-state index contributed by atoms with van der Waals surface area (Å²) in [6, 6.07) is -0.752. The number of rotatable bonds is 5. The van der Waals surface area contributed by atoms with E-state index in [-0.39, 0.29) is 29.3 Å². The van der Waals surface area contributed by atoms with E-state index in [1.165, 1.54) is 0 Å². The van der Waals surface area contributed by atoms with Gasteiger partial charge in [-0.25, -0.2) is 0 Å². The van der Waals surface area contributed by atoms with E-state index < -0.39 is 57.9 Å². The van der Waals surface area contributed by atoms with E-state index in [1.54, 1.807) is 19.0 Å². The molecule has 1 saturated carbocycles. The zero-order chi connectivity index (χ0) is 29.6. The SMILES string of the molecule is CC[C@H](C)N1Cc2c(O)c3c(c(N(C)C)c2C1)C[C@H]1C[C@H]2[C@H](N(C)C)C(=O)C(C(C)=O)=C(O)[C@@]2(O)C(=O)C1=C3O. The Labute approximate surface area is 234 Å². The summed E-state index contributed by atoms with van der Waals surface area (Å²) in [6.45, 7) is 6.48. The van der Waals surface area contributed by atoms with Crippen LogP contribution in [0.15, 0.2) is 16.9 Å².